The van der Waals surface area contributed by atoms with E-state index < -0.39 is 0 Å². The fraction of sp³-hybridized carbons (Fsp3) is 0.474. The monoisotopic (exact) mass is 312 g/mol. The first kappa shape index (κ1) is 15.8. The Bertz CT molecular complexity index is 688. The molecule has 0 aliphatic heterocycles. The van der Waals surface area contributed by atoms with Crippen LogP contribution in [0.15, 0.2) is 36.0 Å². The molecule has 0 saturated heterocycles. The normalized spacial score (nSPS) is 29.8. The van der Waals surface area contributed by atoms with E-state index >= 15 is 0 Å². The minimum Gasteiger partial charge on any atom is -0.361 e. The van der Waals surface area contributed by atoms with Gasteiger partial charge in [-0.15, -0.1) is 0 Å². The molecule has 0 unspecified atom stereocenters. The number of anilines is 2. The highest BCUT2D eigenvalue weighted by atomic mass is 16.1. The summed E-state index contributed by atoms with van der Waals surface area (Å²) in [6.07, 6.45) is 3.96. The van der Waals surface area contributed by atoms with Crippen LogP contribution in [0, 0.1) is 16.7 Å². The number of nitrogens with one attached hydrogen (secondary N) is 2. The van der Waals surface area contributed by atoms with Crippen molar-refractivity contribution in [3.8, 4) is 0 Å². The molecule has 0 spiro atoms. The quantitative estimate of drug-likeness (QED) is 0.830. The van der Waals surface area contributed by atoms with E-state index in [1.807, 2.05) is 30.5 Å². The van der Waals surface area contributed by atoms with Crippen LogP contribution in [-0.2, 0) is 9.59 Å². The Morgan fingerprint density at radius 1 is 1.17 bits per heavy atom. The first-order valence-electron chi connectivity index (χ1n) is 8.15. The second-order valence-corrected chi connectivity index (χ2v) is 7.48. The third-order valence-electron chi connectivity index (χ3n) is 5.96. The summed E-state index contributed by atoms with van der Waals surface area (Å²) < 4.78 is 0. The molecule has 2 fully saturated rings. The molecule has 2 aliphatic carbocycles. The second-order valence-electron chi connectivity index (χ2n) is 7.48. The summed E-state index contributed by atoms with van der Waals surface area (Å²) in [5, 5.41) is 5.98. The molecule has 2 atom stereocenters. The maximum absolute atomic E-state index is 12.7. The van der Waals surface area contributed by atoms with E-state index in [1.165, 1.54) is 6.92 Å². The smallest absolute Gasteiger partial charge is 0.221 e. The molecule has 4 nitrogen and oxygen atoms in total. The van der Waals surface area contributed by atoms with E-state index in [1.54, 1.807) is 0 Å². The van der Waals surface area contributed by atoms with Crippen LogP contribution in [-0.4, -0.2) is 11.7 Å². The Balaban J connectivity index is 1.76. The van der Waals surface area contributed by atoms with E-state index in [2.05, 4.69) is 31.4 Å². The zero-order valence-corrected chi connectivity index (χ0v) is 14.2. The molecule has 2 aliphatic rings. The lowest BCUT2D eigenvalue weighted by Crippen LogP contribution is -2.32. The van der Waals surface area contributed by atoms with Crippen molar-refractivity contribution in [2.75, 3.05) is 10.6 Å². The lowest BCUT2D eigenvalue weighted by Gasteiger charge is -2.31. The van der Waals surface area contributed by atoms with Crippen molar-refractivity contribution in [3.05, 3.63) is 36.0 Å². The van der Waals surface area contributed by atoms with Gasteiger partial charge in [0.1, 0.15) is 0 Å². The molecule has 0 radical (unpaired) electrons. The van der Waals surface area contributed by atoms with Gasteiger partial charge in [0.25, 0.3) is 0 Å². The Morgan fingerprint density at radius 2 is 1.78 bits per heavy atom. The van der Waals surface area contributed by atoms with Crippen LogP contribution in [0.5, 0.6) is 0 Å². The zero-order valence-electron chi connectivity index (χ0n) is 14.2. The molecule has 4 heteroatoms. The van der Waals surface area contributed by atoms with Gasteiger partial charge in [0, 0.05) is 35.5 Å². The molecule has 0 heterocycles. The van der Waals surface area contributed by atoms with Crippen molar-refractivity contribution < 1.29 is 9.59 Å². The van der Waals surface area contributed by atoms with Crippen molar-refractivity contribution in [3.63, 3.8) is 0 Å². The standard InChI is InChI=1S/C19H24N2O2/c1-12(22)21-14-7-5-13(6-8-14)20-11-15-16-9-10-19(4,17(15)23)18(16,2)3/h5-8,11,16,20H,9-10H2,1-4H3,(H,21,22)/b15-11+/t16-,19-/m0/s1. The molecule has 2 saturated carbocycles. The number of amides is 1. The summed E-state index contributed by atoms with van der Waals surface area (Å²) in [6.45, 7) is 8.02. The van der Waals surface area contributed by atoms with Crippen molar-refractivity contribution >= 4 is 23.1 Å². The van der Waals surface area contributed by atoms with Crippen LogP contribution < -0.4 is 10.6 Å². The Labute approximate surface area is 137 Å². The number of Topliss-reactive ketones (excluding diaryl/α,β-unsaturated/α-hetero) is 1. The van der Waals surface area contributed by atoms with Gasteiger partial charge in [-0.3, -0.25) is 9.59 Å². The molecular formula is C19H24N2O2. The highest BCUT2D eigenvalue weighted by molar-refractivity contribution is 6.04. The Kier molecular flexibility index (Phi) is 3.58. The lowest BCUT2D eigenvalue weighted by atomic mass is 9.70. The fourth-order valence-corrected chi connectivity index (χ4v) is 4.11. The number of rotatable bonds is 3. The zero-order chi connectivity index (χ0) is 16.8. The van der Waals surface area contributed by atoms with Crippen LogP contribution >= 0.6 is 0 Å². The molecule has 0 aromatic heterocycles. The van der Waals surface area contributed by atoms with E-state index in [9.17, 15) is 9.59 Å². The van der Waals surface area contributed by atoms with E-state index in [0.29, 0.717) is 11.7 Å². The number of hydrogen-bond acceptors (Lipinski definition) is 3. The maximum atomic E-state index is 12.7. The van der Waals surface area contributed by atoms with Crippen molar-refractivity contribution in [2.24, 2.45) is 16.7 Å². The van der Waals surface area contributed by atoms with Crippen LogP contribution in [0.4, 0.5) is 11.4 Å². The maximum Gasteiger partial charge on any atom is 0.221 e. The highest BCUT2D eigenvalue weighted by Gasteiger charge is 2.63. The average Bonchev–Trinajstić information content (AvgIpc) is 2.79. The largest absolute Gasteiger partial charge is 0.361 e. The van der Waals surface area contributed by atoms with Crippen molar-refractivity contribution in [1.82, 2.24) is 0 Å². The number of carbonyl (C=O) groups is 2. The molecule has 1 amide bonds. The molecule has 2 N–H and O–H groups in total. The molecule has 3 rings (SSSR count). The van der Waals surface area contributed by atoms with Gasteiger partial charge in [-0.05, 0) is 48.4 Å². The van der Waals surface area contributed by atoms with Crippen LogP contribution in [0.1, 0.15) is 40.5 Å². The number of ketones is 1. The SMILES string of the molecule is CC(=O)Nc1ccc(N/C=C2/C(=O)[C@]3(C)CC[C@@H]2C3(C)C)cc1. The summed E-state index contributed by atoms with van der Waals surface area (Å²) in [4.78, 5) is 23.8. The number of allylic oxidation sites excluding steroid dienone is 1. The fourth-order valence-electron chi connectivity index (χ4n) is 4.11. The van der Waals surface area contributed by atoms with Gasteiger partial charge in [0.15, 0.2) is 5.78 Å². The third-order valence-corrected chi connectivity index (χ3v) is 5.96. The number of hydrogen-bond donors (Lipinski definition) is 2. The van der Waals surface area contributed by atoms with E-state index in [-0.39, 0.29) is 16.7 Å². The first-order chi connectivity index (χ1) is 10.8. The van der Waals surface area contributed by atoms with Crippen LogP contribution in [0.25, 0.3) is 0 Å². The number of fused-ring (bicyclic) bond motifs is 2. The molecule has 23 heavy (non-hydrogen) atoms. The molecule has 1 aromatic carbocycles. The summed E-state index contributed by atoms with van der Waals surface area (Å²) >= 11 is 0. The van der Waals surface area contributed by atoms with Crippen molar-refractivity contribution in [1.29, 1.82) is 0 Å². The topological polar surface area (TPSA) is 58.2 Å². The lowest BCUT2D eigenvalue weighted by molar-refractivity contribution is -0.125. The second kappa shape index (κ2) is 5.22. The molecule has 122 valence electrons. The third kappa shape index (κ3) is 2.37. The van der Waals surface area contributed by atoms with Crippen molar-refractivity contribution in [2.45, 2.75) is 40.5 Å². The number of carbonyl (C=O) groups excluding carboxylic acids is 2. The summed E-state index contributed by atoms with van der Waals surface area (Å²) in [6, 6.07) is 7.48. The molecule has 2 bridgehead atoms. The average molecular weight is 312 g/mol. The number of benzene rings is 1. The molecule has 1 aromatic rings. The summed E-state index contributed by atoms with van der Waals surface area (Å²) in [7, 11) is 0. The van der Waals surface area contributed by atoms with E-state index in [4.69, 9.17) is 0 Å². The van der Waals surface area contributed by atoms with Gasteiger partial charge in [0.2, 0.25) is 5.91 Å². The van der Waals surface area contributed by atoms with Crippen LogP contribution in [0.2, 0.25) is 0 Å². The summed E-state index contributed by atoms with van der Waals surface area (Å²) in [5.74, 6) is 0.545. The van der Waals surface area contributed by atoms with Crippen LogP contribution in [0.3, 0.4) is 0 Å². The van der Waals surface area contributed by atoms with Gasteiger partial charge >= 0.3 is 0 Å². The predicted octanol–water partition coefficient (Wildman–Crippen LogP) is 3.97. The van der Waals surface area contributed by atoms with E-state index in [0.717, 1.165) is 29.8 Å². The Morgan fingerprint density at radius 3 is 2.30 bits per heavy atom. The van der Waals surface area contributed by atoms with Gasteiger partial charge in [-0.2, -0.15) is 0 Å². The summed E-state index contributed by atoms with van der Waals surface area (Å²) in [5.41, 5.74) is 2.41. The minimum absolute atomic E-state index is 0.0346. The van der Waals surface area contributed by atoms with Gasteiger partial charge in [0.05, 0.1) is 0 Å². The Hall–Kier alpha value is -2.10. The predicted molar refractivity (Wildman–Crippen MR) is 92.1 cm³/mol. The van der Waals surface area contributed by atoms with Gasteiger partial charge < -0.3 is 10.6 Å². The minimum atomic E-state index is -0.222. The van der Waals surface area contributed by atoms with Gasteiger partial charge in [-0.25, -0.2) is 0 Å². The van der Waals surface area contributed by atoms with Gasteiger partial charge in [-0.1, -0.05) is 20.8 Å². The highest BCUT2D eigenvalue weighted by Crippen LogP contribution is 2.65. The first-order valence-corrected chi connectivity index (χ1v) is 8.15. The molecular weight excluding hydrogens is 288 g/mol.